The molecule has 1 aromatic rings. The van der Waals surface area contributed by atoms with Crippen LogP contribution in [0.3, 0.4) is 0 Å². The summed E-state index contributed by atoms with van der Waals surface area (Å²) in [5.41, 5.74) is 1.16. The van der Waals surface area contributed by atoms with Gasteiger partial charge >= 0.3 is 0 Å². The zero-order valence-corrected chi connectivity index (χ0v) is 12.5. The van der Waals surface area contributed by atoms with Crippen LogP contribution < -0.4 is 16.0 Å². The van der Waals surface area contributed by atoms with Gasteiger partial charge in [0.05, 0.1) is 0 Å². The van der Waals surface area contributed by atoms with Crippen LogP contribution in [0.5, 0.6) is 0 Å². The van der Waals surface area contributed by atoms with Crippen molar-refractivity contribution in [1.82, 2.24) is 10.6 Å². The van der Waals surface area contributed by atoms with E-state index in [4.69, 9.17) is 0 Å². The number of rotatable bonds is 6. The fourth-order valence-electron chi connectivity index (χ4n) is 1.63. The van der Waals surface area contributed by atoms with Crippen molar-refractivity contribution in [3.63, 3.8) is 0 Å². The molecule has 3 amide bonds. The third kappa shape index (κ3) is 6.56. The van der Waals surface area contributed by atoms with E-state index in [1.807, 2.05) is 13.8 Å². The van der Waals surface area contributed by atoms with Gasteiger partial charge in [-0.25, -0.2) is 0 Å². The van der Waals surface area contributed by atoms with Crippen LogP contribution in [0.4, 0.5) is 5.69 Å². The molecule has 114 valence electrons. The Morgan fingerprint density at radius 1 is 1.10 bits per heavy atom. The molecule has 0 spiro atoms. The molecule has 3 N–H and O–H groups in total. The number of carbonyl (C=O) groups excluding carboxylic acids is 3. The number of nitrogens with one attached hydrogen (secondary N) is 3. The summed E-state index contributed by atoms with van der Waals surface area (Å²) in [5, 5.41) is 8.04. The van der Waals surface area contributed by atoms with Gasteiger partial charge in [-0.3, -0.25) is 14.4 Å². The highest BCUT2D eigenvalue weighted by atomic mass is 16.2. The van der Waals surface area contributed by atoms with Gasteiger partial charge in [0, 0.05) is 37.2 Å². The Morgan fingerprint density at radius 2 is 1.71 bits per heavy atom. The Balaban J connectivity index is 2.49. The summed E-state index contributed by atoms with van der Waals surface area (Å²) < 4.78 is 0. The van der Waals surface area contributed by atoms with Crippen molar-refractivity contribution >= 4 is 23.4 Å². The fraction of sp³-hybridized carbons (Fsp3) is 0.400. The lowest BCUT2D eigenvalue weighted by Crippen LogP contribution is -2.30. The monoisotopic (exact) mass is 291 g/mol. The molecule has 6 nitrogen and oxygen atoms in total. The Bertz CT molecular complexity index is 509. The summed E-state index contributed by atoms with van der Waals surface area (Å²) in [7, 11) is 0. The first-order valence-electron chi connectivity index (χ1n) is 6.83. The molecule has 0 aromatic heterocycles. The second-order valence-corrected chi connectivity index (χ2v) is 4.99. The topological polar surface area (TPSA) is 87.3 Å². The molecule has 6 heteroatoms. The van der Waals surface area contributed by atoms with Crippen molar-refractivity contribution in [2.75, 3.05) is 11.9 Å². The van der Waals surface area contributed by atoms with E-state index >= 15 is 0 Å². The zero-order chi connectivity index (χ0) is 15.8. The summed E-state index contributed by atoms with van der Waals surface area (Å²) in [6.07, 6.45) is 0.204. The van der Waals surface area contributed by atoms with E-state index in [9.17, 15) is 14.4 Å². The van der Waals surface area contributed by atoms with Gasteiger partial charge in [-0.05, 0) is 38.1 Å². The Morgan fingerprint density at radius 3 is 2.24 bits per heavy atom. The van der Waals surface area contributed by atoms with Gasteiger partial charge < -0.3 is 16.0 Å². The number of amides is 3. The second-order valence-electron chi connectivity index (χ2n) is 4.99. The van der Waals surface area contributed by atoms with Crippen molar-refractivity contribution in [3.8, 4) is 0 Å². The maximum atomic E-state index is 11.8. The number of carbonyl (C=O) groups is 3. The van der Waals surface area contributed by atoms with Crippen molar-refractivity contribution in [1.29, 1.82) is 0 Å². The van der Waals surface area contributed by atoms with E-state index < -0.39 is 0 Å². The minimum absolute atomic E-state index is 0.0747. The van der Waals surface area contributed by atoms with E-state index in [1.54, 1.807) is 24.3 Å². The second kappa shape index (κ2) is 8.04. The molecule has 0 atom stereocenters. The third-order valence-electron chi connectivity index (χ3n) is 2.58. The standard InChI is InChI=1S/C15H21N3O3/c1-10(2)17-15(21)12-4-6-13(7-5-12)18-14(20)8-9-16-11(3)19/h4-7,10H,8-9H2,1-3H3,(H,16,19)(H,17,21)(H,18,20). The molecule has 0 saturated heterocycles. The van der Waals surface area contributed by atoms with Crippen molar-refractivity contribution in [2.24, 2.45) is 0 Å². The van der Waals surface area contributed by atoms with E-state index in [1.165, 1.54) is 6.92 Å². The Labute approximate surface area is 124 Å². The SMILES string of the molecule is CC(=O)NCCC(=O)Nc1ccc(C(=O)NC(C)C)cc1. The van der Waals surface area contributed by atoms with Crippen LogP contribution in [-0.2, 0) is 9.59 Å². The molecular weight excluding hydrogens is 270 g/mol. The molecule has 0 aliphatic heterocycles. The van der Waals surface area contributed by atoms with Gasteiger partial charge in [-0.1, -0.05) is 0 Å². The smallest absolute Gasteiger partial charge is 0.251 e. The third-order valence-corrected chi connectivity index (χ3v) is 2.58. The molecule has 0 fully saturated rings. The summed E-state index contributed by atoms with van der Waals surface area (Å²) >= 11 is 0. The summed E-state index contributed by atoms with van der Waals surface area (Å²) in [5.74, 6) is -0.500. The molecule has 21 heavy (non-hydrogen) atoms. The van der Waals surface area contributed by atoms with Crippen LogP contribution in [-0.4, -0.2) is 30.3 Å². The molecule has 0 aliphatic carbocycles. The van der Waals surface area contributed by atoms with Crippen LogP contribution in [0, 0.1) is 0 Å². The lowest BCUT2D eigenvalue weighted by molar-refractivity contribution is -0.119. The predicted octanol–water partition coefficient (Wildman–Crippen LogP) is 1.29. The van der Waals surface area contributed by atoms with Gasteiger partial charge in [0.2, 0.25) is 11.8 Å². The van der Waals surface area contributed by atoms with E-state index in [0.717, 1.165) is 0 Å². The van der Waals surface area contributed by atoms with Gasteiger partial charge in [0.15, 0.2) is 0 Å². The highest BCUT2D eigenvalue weighted by Crippen LogP contribution is 2.10. The lowest BCUT2D eigenvalue weighted by atomic mass is 10.2. The molecule has 0 unspecified atom stereocenters. The zero-order valence-electron chi connectivity index (χ0n) is 12.5. The molecule has 0 bridgehead atoms. The van der Waals surface area contributed by atoms with Crippen molar-refractivity contribution < 1.29 is 14.4 Å². The minimum atomic E-state index is -0.192. The van der Waals surface area contributed by atoms with Crippen LogP contribution >= 0.6 is 0 Å². The highest BCUT2D eigenvalue weighted by molar-refractivity contribution is 5.96. The van der Waals surface area contributed by atoms with Gasteiger partial charge in [-0.2, -0.15) is 0 Å². The maximum Gasteiger partial charge on any atom is 0.251 e. The molecule has 0 heterocycles. The first-order valence-corrected chi connectivity index (χ1v) is 6.83. The minimum Gasteiger partial charge on any atom is -0.356 e. The van der Waals surface area contributed by atoms with E-state index in [0.29, 0.717) is 17.8 Å². The Kier molecular flexibility index (Phi) is 6.39. The Hall–Kier alpha value is -2.37. The molecule has 1 aromatic carbocycles. The van der Waals surface area contributed by atoms with Crippen molar-refractivity contribution in [3.05, 3.63) is 29.8 Å². The van der Waals surface area contributed by atoms with Crippen LogP contribution in [0.15, 0.2) is 24.3 Å². The quantitative estimate of drug-likeness (QED) is 0.738. The van der Waals surface area contributed by atoms with Gasteiger partial charge in [0.25, 0.3) is 5.91 Å². The average molecular weight is 291 g/mol. The highest BCUT2D eigenvalue weighted by Gasteiger charge is 2.07. The average Bonchev–Trinajstić information content (AvgIpc) is 2.38. The number of benzene rings is 1. The molecule has 0 saturated carbocycles. The largest absolute Gasteiger partial charge is 0.356 e. The summed E-state index contributed by atoms with van der Waals surface area (Å²) in [6, 6.07) is 6.73. The maximum absolute atomic E-state index is 11.8. The lowest BCUT2D eigenvalue weighted by Gasteiger charge is -2.09. The summed E-state index contributed by atoms with van der Waals surface area (Å²) in [4.78, 5) is 34.1. The first kappa shape index (κ1) is 16.7. The number of hydrogen-bond acceptors (Lipinski definition) is 3. The molecule has 0 aliphatic rings. The summed E-state index contributed by atoms with van der Waals surface area (Å²) in [6.45, 7) is 5.48. The molecular formula is C15H21N3O3. The van der Waals surface area contributed by atoms with Crippen LogP contribution in [0.25, 0.3) is 0 Å². The molecule has 1 rings (SSSR count). The van der Waals surface area contributed by atoms with Crippen LogP contribution in [0.2, 0.25) is 0 Å². The van der Waals surface area contributed by atoms with Gasteiger partial charge in [-0.15, -0.1) is 0 Å². The van der Waals surface area contributed by atoms with Gasteiger partial charge in [0.1, 0.15) is 0 Å². The normalized spacial score (nSPS) is 10.1. The fourth-order valence-corrected chi connectivity index (χ4v) is 1.63. The first-order chi connectivity index (χ1) is 9.88. The van der Waals surface area contributed by atoms with Crippen LogP contribution in [0.1, 0.15) is 37.6 Å². The number of anilines is 1. The van der Waals surface area contributed by atoms with E-state index in [2.05, 4.69) is 16.0 Å². The predicted molar refractivity (Wildman–Crippen MR) is 81.0 cm³/mol. The molecule has 0 radical (unpaired) electrons. The number of hydrogen-bond donors (Lipinski definition) is 3. The van der Waals surface area contributed by atoms with Crippen molar-refractivity contribution in [2.45, 2.75) is 33.2 Å². The van der Waals surface area contributed by atoms with E-state index in [-0.39, 0.29) is 30.2 Å².